The van der Waals surface area contributed by atoms with E-state index >= 15 is 0 Å². The highest BCUT2D eigenvalue weighted by Gasteiger charge is 2.19. The molecule has 0 unspecified atom stereocenters. The molecule has 6 nitrogen and oxygen atoms in total. The van der Waals surface area contributed by atoms with Crippen molar-refractivity contribution in [3.63, 3.8) is 0 Å². The van der Waals surface area contributed by atoms with E-state index in [0.717, 1.165) is 5.56 Å². The number of furan rings is 1. The number of hydrogen-bond acceptors (Lipinski definition) is 4. The Labute approximate surface area is 127 Å². The van der Waals surface area contributed by atoms with Crippen molar-refractivity contribution in [3.8, 4) is 5.75 Å². The van der Waals surface area contributed by atoms with E-state index < -0.39 is 5.97 Å². The fourth-order valence-electron chi connectivity index (χ4n) is 2.09. The maximum atomic E-state index is 12.3. The Kier molecular flexibility index (Phi) is 4.50. The molecular weight excluding hydrogens is 286 g/mol. The van der Waals surface area contributed by atoms with E-state index in [1.807, 2.05) is 13.8 Å². The SMILES string of the molecule is COc1cc(NC(=O)c2occc2C(C)C)ccc1C(=O)O. The number of hydrogen-bond donors (Lipinski definition) is 2. The molecule has 0 fully saturated rings. The number of anilines is 1. The zero-order valence-electron chi connectivity index (χ0n) is 12.5. The van der Waals surface area contributed by atoms with E-state index in [-0.39, 0.29) is 28.9 Å². The molecule has 0 radical (unpaired) electrons. The highest BCUT2D eigenvalue weighted by Crippen LogP contribution is 2.25. The molecule has 0 saturated heterocycles. The Hall–Kier alpha value is -2.76. The molecule has 0 atom stereocenters. The third-order valence-corrected chi connectivity index (χ3v) is 3.21. The van der Waals surface area contributed by atoms with Crippen LogP contribution in [0, 0.1) is 0 Å². The van der Waals surface area contributed by atoms with Gasteiger partial charge in [0, 0.05) is 17.3 Å². The van der Waals surface area contributed by atoms with Crippen LogP contribution in [0.1, 0.15) is 46.2 Å². The highest BCUT2D eigenvalue weighted by atomic mass is 16.5. The second-order valence-electron chi connectivity index (χ2n) is 5.03. The summed E-state index contributed by atoms with van der Waals surface area (Å²) in [6.45, 7) is 3.93. The number of rotatable bonds is 5. The van der Waals surface area contributed by atoms with Gasteiger partial charge in [0.25, 0.3) is 5.91 Å². The Morgan fingerprint density at radius 2 is 2.00 bits per heavy atom. The summed E-state index contributed by atoms with van der Waals surface area (Å²) >= 11 is 0. The van der Waals surface area contributed by atoms with E-state index in [4.69, 9.17) is 14.3 Å². The zero-order valence-corrected chi connectivity index (χ0v) is 12.5. The van der Waals surface area contributed by atoms with Gasteiger partial charge in [-0.25, -0.2) is 4.79 Å². The van der Waals surface area contributed by atoms with Gasteiger partial charge in [0.1, 0.15) is 11.3 Å². The lowest BCUT2D eigenvalue weighted by atomic mass is 10.0. The molecule has 116 valence electrons. The summed E-state index contributed by atoms with van der Waals surface area (Å²) in [5.74, 6) is -0.907. The van der Waals surface area contributed by atoms with Crippen molar-refractivity contribution >= 4 is 17.6 Å². The van der Waals surface area contributed by atoms with Crippen molar-refractivity contribution in [1.82, 2.24) is 0 Å². The molecule has 1 amide bonds. The number of benzene rings is 1. The topological polar surface area (TPSA) is 88.8 Å². The average molecular weight is 303 g/mol. The number of methoxy groups -OCH3 is 1. The van der Waals surface area contributed by atoms with Crippen LogP contribution in [0.25, 0.3) is 0 Å². The fourth-order valence-corrected chi connectivity index (χ4v) is 2.09. The Morgan fingerprint density at radius 1 is 1.27 bits per heavy atom. The van der Waals surface area contributed by atoms with Crippen LogP contribution in [0.4, 0.5) is 5.69 Å². The van der Waals surface area contributed by atoms with E-state index in [1.165, 1.54) is 31.6 Å². The average Bonchev–Trinajstić information content (AvgIpc) is 2.96. The first-order chi connectivity index (χ1) is 10.4. The second-order valence-corrected chi connectivity index (χ2v) is 5.03. The number of carboxylic acids is 1. The predicted molar refractivity (Wildman–Crippen MR) is 80.7 cm³/mol. The third-order valence-electron chi connectivity index (χ3n) is 3.21. The van der Waals surface area contributed by atoms with Gasteiger partial charge >= 0.3 is 5.97 Å². The summed E-state index contributed by atoms with van der Waals surface area (Å²) in [6, 6.07) is 6.09. The lowest BCUT2D eigenvalue weighted by Crippen LogP contribution is -2.13. The predicted octanol–water partition coefficient (Wildman–Crippen LogP) is 3.36. The monoisotopic (exact) mass is 303 g/mol. The molecule has 0 spiro atoms. The first-order valence-corrected chi connectivity index (χ1v) is 6.74. The Balaban J connectivity index is 2.25. The van der Waals surface area contributed by atoms with E-state index in [1.54, 1.807) is 6.07 Å². The van der Waals surface area contributed by atoms with Crippen molar-refractivity contribution in [2.45, 2.75) is 19.8 Å². The molecular formula is C16H17NO5. The van der Waals surface area contributed by atoms with Gasteiger partial charge in [0.15, 0.2) is 5.76 Å². The third kappa shape index (κ3) is 3.11. The molecule has 1 aromatic carbocycles. The number of carboxylic acid groups (broad SMARTS) is 1. The van der Waals surface area contributed by atoms with Crippen LogP contribution < -0.4 is 10.1 Å². The molecule has 0 aliphatic heterocycles. The normalized spacial score (nSPS) is 10.5. The van der Waals surface area contributed by atoms with Crippen LogP contribution in [0.15, 0.2) is 34.9 Å². The standard InChI is InChI=1S/C16H17NO5/c1-9(2)11-6-7-22-14(11)15(18)17-10-4-5-12(16(19)20)13(8-10)21-3/h4-9H,1-3H3,(H,17,18)(H,19,20). The molecule has 0 aliphatic rings. The van der Waals surface area contributed by atoms with Crippen molar-refractivity contribution in [2.75, 3.05) is 12.4 Å². The second kappa shape index (κ2) is 6.34. The number of carbonyl (C=O) groups is 2. The Morgan fingerprint density at radius 3 is 2.59 bits per heavy atom. The van der Waals surface area contributed by atoms with Crippen molar-refractivity contribution in [1.29, 1.82) is 0 Å². The van der Waals surface area contributed by atoms with E-state index in [0.29, 0.717) is 5.69 Å². The number of ether oxygens (including phenoxy) is 1. The summed E-state index contributed by atoms with van der Waals surface area (Å²) < 4.78 is 10.3. The first-order valence-electron chi connectivity index (χ1n) is 6.74. The molecule has 0 bridgehead atoms. The summed E-state index contributed by atoms with van der Waals surface area (Å²) in [7, 11) is 1.37. The minimum Gasteiger partial charge on any atom is -0.496 e. The van der Waals surface area contributed by atoms with Gasteiger partial charge in [-0.1, -0.05) is 13.8 Å². The van der Waals surface area contributed by atoms with Gasteiger partial charge in [0.05, 0.1) is 13.4 Å². The fraction of sp³-hybridized carbons (Fsp3) is 0.250. The molecule has 6 heteroatoms. The summed E-state index contributed by atoms with van der Waals surface area (Å²) in [6.07, 6.45) is 1.47. The van der Waals surface area contributed by atoms with E-state index in [2.05, 4.69) is 5.32 Å². The number of nitrogens with one attached hydrogen (secondary N) is 1. The molecule has 22 heavy (non-hydrogen) atoms. The lowest BCUT2D eigenvalue weighted by molar-refractivity contribution is 0.0693. The molecule has 2 rings (SSSR count). The molecule has 2 N–H and O–H groups in total. The summed E-state index contributed by atoms with van der Waals surface area (Å²) in [5, 5.41) is 11.7. The Bertz CT molecular complexity index is 702. The maximum absolute atomic E-state index is 12.3. The van der Waals surface area contributed by atoms with Crippen LogP contribution >= 0.6 is 0 Å². The van der Waals surface area contributed by atoms with Crippen LogP contribution in [0.2, 0.25) is 0 Å². The molecule has 0 aliphatic carbocycles. The minimum absolute atomic E-state index is 0.0290. The molecule has 1 heterocycles. The summed E-state index contributed by atoms with van der Waals surface area (Å²) in [4.78, 5) is 23.3. The van der Waals surface area contributed by atoms with Gasteiger partial charge < -0.3 is 19.6 Å². The number of carbonyl (C=O) groups excluding carboxylic acids is 1. The smallest absolute Gasteiger partial charge is 0.339 e. The zero-order chi connectivity index (χ0) is 16.3. The highest BCUT2D eigenvalue weighted by molar-refractivity contribution is 6.04. The van der Waals surface area contributed by atoms with Gasteiger partial charge in [0.2, 0.25) is 0 Å². The quantitative estimate of drug-likeness (QED) is 0.884. The minimum atomic E-state index is -1.09. The lowest BCUT2D eigenvalue weighted by Gasteiger charge is -2.10. The van der Waals surface area contributed by atoms with Crippen LogP contribution in [0.3, 0.4) is 0 Å². The summed E-state index contributed by atoms with van der Waals surface area (Å²) in [5.41, 5.74) is 1.27. The van der Waals surface area contributed by atoms with Crippen LogP contribution in [0.5, 0.6) is 5.75 Å². The first kappa shape index (κ1) is 15.6. The van der Waals surface area contributed by atoms with Crippen LogP contribution in [-0.4, -0.2) is 24.1 Å². The van der Waals surface area contributed by atoms with E-state index in [9.17, 15) is 9.59 Å². The maximum Gasteiger partial charge on any atom is 0.339 e. The molecule has 1 aromatic heterocycles. The van der Waals surface area contributed by atoms with Crippen molar-refractivity contribution < 1.29 is 23.8 Å². The van der Waals surface area contributed by atoms with Crippen LogP contribution in [-0.2, 0) is 0 Å². The van der Waals surface area contributed by atoms with Crippen molar-refractivity contribution in [2.24, 2.45) is 0 Å². The molecule has 0 saturated carbocycles. The van der Waals surface area contributed by atoms with Gasteiger partial charge in [-0.15, -0.1) is 0 Å². The van der Waals surface area contributed by atoms with Gasteiger partial charge in [-0.3, -0.25) is 4.79 Å². The van der Waals surface area contributed by atoms with Gasteiger partial charge in [-0.2, -0.15) is 0 Å². The number of aromatic carboxylic acids is 1. The number of amides is 1. The van der Waals surface area contributed by atoms with Crippen molar-refractivity contribution in [3.05, 3.63) is 47.4 Å². The molecule has 2 aromatic rings. The van der Waals surface area contributed by atoms with Gasteiger partial charge in [-0.05, 0) is 24.1 Å². The largest absolute Gasteiger partial charge is 0.496 e.